The van der Waals surface area contributed by atoms with Crippen LogP contribution >= 0.6 is 11.3 Å². The maximum Gasteiger partial charge on any atom is 0.278 e. The lowest BCUT2D eigenvalue weighted by atomic mass is 9.97. The highest BCUT2D eigenvalue weighted by atomic mass is 32.2. The molecule has 8 heteroatoms. The van der Waals surface area contributed by atoms with Crippen LogP contribution in [0.1, 0.15) is 33.1 Å². The first-order valence-corrected chi connectivity index (χ1v) is 11.4. The van der Waals surface area contributed by atoms with E-state index < -0.39 is 10.0 Å². The van der Waals surface area contributed by atoms with Gasteiger partial charge in [-0.3, -0.25) is 4.79 Å². The van der Waals surface area contributed by atoms with Crippen molar-refractivity contribution in [2.45, 2.75) is 49.4 Å². The molecule has 6 nitrogen and oxygen atoms in total. The fraction of sp³-hybridized carbons (Fsp3) is 0.706. The van der Waals surface area contributed by atoms with Gasteiger partial charge in [0, 0.05) is 12.1 Å². The van der Waals surface area contributed by atoms with Crippen molar-refractivity contribution >= 4 is 27.3 Å². The average Bonchev–Trinajstić information content (AvgIpc) is 3.10. The summed E-state index contributed by atoms with van der Waals surface area (Å²) in [5.74, 6) is 0.212. The van der Waals surface area contributed by atoms with Gasteiger partial charge >= 0.3 is 0 Å². The molecule has 1 amide bonds. The quantitative estimate of drug-likeness (QED) is 0.816. The van der Waals surface area contributed by atoms with Gasteiger partial charge in [0.05, 0.1) is 26.2 Å². The fourth-order valence-electron chi connectivity index (χ4n) is 3.98. The van der Waals surface area contributed by atoms with E-state index in [1.165, 1.54) is 22.7 Å². The van der Waals surface area contributed by atoms with Gasteiger partial charge in [-0.2, -0.15) is 4.31 Å². The Morgan fingerprint density at radius 3 is 2.44 bits per heavy atom. The third-order valence-corrected chi connectivity index (χ3v) is 8.67. The summed E-state index contributed by atoms with van der Waals surface area (Å²) in [6, 6.07) is 4.05. The van der Waals surface area contributed by atoms with E-state index in [-0.39, 0.29) is 5.91 Å². The maximum atomic E-state index is 12.7. The highest BCUT2D eigenvalue weighted by Gasteiger charge is 2.34. The number of sulfonamides is 1. The van der Waals surface area contributed by atoms with Crippen LogP contribution in [-0.2, 0) is 14.8 Å². The van der Waals surface area contributed by atoms with Crippen molar-refractivity contribution in [2.24, 2.45) is 0 Å². The number of likely N-dealkylation sites (tertiary alicyclic amines) is 1. The minimum absolute atomic E-state index is 0.212. The molecule has 1 aromatic heterocycles. The minimum atomic E-state index is -3.37. The number of thiophene rings is 1. The second kappa shape index (κ2) is 7.73. The molecule has 2 atom stereocenters. The predicted molar refractivity (Wildman–Crippen MR) is 98.3 cm³/mol. The molecule has 0 saturated carbocycles. The van der Waals surface area contributed by atoms with Gasteiger partial charge in [-0.1, -0.05) is 6.07 Å². The molecule has 0 bridgehead atoms. The Kier molecular flexibility index (Phi) is 5.82. The molecule has 0 aliphatic carbocycles. The van der Waals surface area contributed by atoms with Crippen molar-refractivity contribution in [3.63, 3.8) is 0 Å². The summed E-state index contributed by atoms with van der Waals surface area (Å²) in [5.41, 5.74) is 0. The number of quaternary nitrogens is 1. The van der Waals surface area contributed by atoms with Gasteiger partial charge in [0.2, 0.25) is 0 Å². The molecule has 3 heterocycles. The van der Waals surface area contributed by atoms with Gasteiger partial charge in [-0.15, -0.1) is 11.3 Å². The molecule has 0 spiro atoms. The van der Waals surface area contributed by atoms with Gasteiger partial charge in [0.15, 0.2) is 6.54 Å². The van der Waals surface area contributed by atoms with Gasteiger partial charge in [0.1, 0.15) is 4.21 Å². The summed E-state index contributed by atoms with van der Waals surface area (Å²) in [6.45, 7) is 7.08. The highest BCUT2D eigenvalue weighted by Crippen LogP contribution is 2.22. The number of nitrogens with one attached hydrogen (secondary N) is 1. The van der Waals surface area contributed by atoms with Crippen molar-refractivity contribution in [3.8, 4) is 0 Å². The van der Waals surface area contributed by atoms with Crippen LogP contribution in [0, 0.1) is 0 Å². The van der Waals surface area contributed by atoms with E-state index in [1.54, 1.807) is 21.8 Å². The molecule has 25 heavy (non-hydrogen) atoms. The van der Waals surface area contributed by atoms with Crippen LogP contribution in [0.15, 0.2) is 21.7 Å². The number of carbonyl (C=O) groups excluding carboxylic acids is 1. The first-order chi connectivity index (χ1) is 11.9. The first-order valence-electron chi connectivity index (χ1n) is 9.08. The van der Waals surface area contributed by atoms with Crippen LogP contribution in [0.4, 0.5) is 0 Å². The van der Waals surface area contributed by atoms with E-state index in [9.17, 15) is 13.2 Å². The van der Waals surface area contributed by atoms with Crippen LogP contribution in [0.5, 0.6) is 0 Å². The van der Waals surface area contributed by atoms with Gasteiger partial charge in [-0.25, -0.2) is 8.42 Å². The first kappa shape index (κ1) is 18.8. The number of carbonyl (C=O) groups is 1. The summed E-state index contributed by atoms with van der Waals surface area (Å²) >= 11 is 1.26. The van der Waals surface area contributed by atoms with Crippen molar-refractivity contribution in [2.75, 3.05) is 32.7 Å². The van der Waals surface area contributed by atoms with Crippen molar-refractivity contribution in [1.29, 1.82) is 0 Å². The molecule has 0 unspecified atom stereocenters. The van der Waals surface area contributed by atoms with Crippen molar-refractivity contribution in [1.82, 2.24) is 9.21 Å². The molecule has 2 aliphatic heterocycles. The molecule has 1 aromatic rings. The molecule has 2 fully saturated rings. The van der Waals surface area contributed by atoms with Crippen molar-refractivity contribution in [3.05, 3.63) is 17.5 Å². The van der Waals surface area contributed by atoms with Gasteiger partial charge in [-0.05, 0) is 44.6 Å². The Morgan fingerprint density at radius 2 is 1.88 bits per heavy atom. The van der Waals surface area contributed by atoms with E-state index in [0.29, 0.717) is 49.0 Å². The normalized spacial score (nSPS) is 26.7. The number of hydrogen-bond acceptors (Lipinski definition) is 4. The molecule has 2 aliphatic rings. The Hall–Kier alpha value is -0.960. The van der Waals surface area contributed by atoms with Crippen LogP contribution in [0.3, 0.4) is 0 Å². The summed E-state index contributed by atoms with van der Waals surface area (Å²) in [5, 5.41) is 1.79. The SMILES string of the molecule is C[C@@H]1CCC[C@@H](C)N1C(=O)C[NH+]1CCN(S(=O)(=O)c2cccs2)CC1. The number of hydrogen-bond donors (Lipinski definition) is 1. The zero-order chi connectivity index (χ0) is 18.0. The number of piperazine rings is 1. The largest absolute Gasteiger partial charge is 0.332 e. The summed E-state index contributed by atoms with van der Waals surface area (Å²) in [6.07, 6.45) is 3.36. The third-order valence-electron chi connectivity index (χ3n) is 5.40. The van der Waals surface area contributed by atoms with E-state index in [4.69, 9.17) is 0 Å². The Morgan fingerprint density at radius 1 is 1.24 bits per heavy atom. The number of amides is 1. The monoisotopic (exact) mass is 386 g/mol. The lowest BCUT2D eigenvalue weighted by molar-refractivity contribution is -0.896. The average molecular weight is 387 g/mol. The predicted octanol–water partition coefficient (Wildman–Crippen LogP) is 0.427. The molecule has 1 N–H and O–H groups in total. The molecular weight excluding hydrogens is 358 g/mol. The second-order valence-electron chi connectivity index (χ2n) is 7.19. The molecule has 140 valence electrons. The third kappa shape index (κ3) is 4.07. The zero-order valence-corrected chi connectivity index (χ0v) is 16.6. The van der Waals surface area contributed by atoms with Crippen LogP contribution in [0.25, 0.3) is 0 Å². The maximum absolute atomic E-state index is 12.7. The van der Waals surface area contributed by atoms with Crippen LogP contribution < -0.4 is 4.90 Å². The highest BCUT2D eigenvalue weighted by molar-refractivity contribution is 7.91. The van der Waals surface area contributed by atoms with E-state index >= 15 is 0 Å². The summed E-state index contributed by atoms with van der Waals surface area (Å²) < 4.78 is 27.1. The lowest BCUT2D eigenvalue weighted by Gasteiger charge is -2.40. The van der Waals surface area contributed by atoms with Crippen LogP contribution in [0.2, 0.25) is 0 Å². The fourth-order valence-corrected chi connectivity index (χ4v) is 6.56. The van der Waals surface area contributed by atoms with E-state index in [2.05, 4.69) is 13.8 Å². The number of nitrogens with zero attached hydrogens (tertiary/aromatic N) is 2. The molecule has 2 saturated heterocycles. The lowest BCUT2D eigenvalue weighted by Crippen LogP contribution is -3.15. The van der Waals surface area contributed by atoms with Crippen LogP contribution in [-0.4, -0.2) is 68.3 Å². The topological polar surface area (TPSA) is 62.1 Å². The number of rotatable bonds is 4. The van der Waals surface area contributed by atoms with Gasteiger partial charge in [0.25, 0.3) is 15.9 Å². The van der Waals surface area contributed by atoms with E-state index in [1.807, 2.05) is 4.90 Å². The number of piperidine rings is 1. The van der Waals surface area contributed by atoms with Gasteiger partial charge < -0.3 is 9.80 Å². The molecule has 0 radical (unpaired) electrons. The smallest absolute Gasteiger partial charge is 0.278 e. The minimum Gasteiger partial charge on any atom is -0.332 e. The zero-order valence-electron chi connectivity index (χ0n) is 15.0. The molecule has 3 rings (SSSR count). The van der Waals surface area contributed by atoms with E-state index in [0.717, 1.165) is 12.8 Å². The standard InChI is InChI=1S/C17H27N3O3S2/c1-14-5-3-6-15(2)20(14)16(21)13-18-8-10-19(11-9-18)25(22,23)17-7-4-12-24-17/h4,7,12,14-15H,3,5-6,8-11,13H2,1-2H3/p+1/t14-,15-/m1/s1. The Bertz CT molecular complexity index is 672. The summed E-state index contributed by atoms with van der Waals surface area (Å²) in [4.78, 5) is 16.0. The summed E-state index contributed by atoms with van der Waals surface area (Å²) in [7, 11) is -3.37. The van der Waals surface area contributed by atoms with Crippen molar-refractivity contribution < 1.29 is 18.1 Å². The molecular formula is C17H28N3O3S2+. The Labute approximate surface area is 154 Å². The second-order valence-corrected chi connectivity index (χ2v) is 10.3. The Balaban J connectivity index is 1.55. The molecule has 0 aromatic carbocycles.